The van der Waals surface area contributed by atoms with E-state index >= 15 is 0 Å². The van der Waals surface area contributed by atoms with Gasteiger partial charge in [-0.3, -0.25) is 9.36 Å². The second kappa shape index (κ2) is 22.1. The highest BCUT2D eigenvalue weighted by atomic mass is 32.1. The number of aryl methyl sites for hydroxylation is 2. The largest absolute Gasteiger partial charge is 0.378 e. The van der Waals surface area contributed by atoms with Gasteiger partial charge in [-0.2, -0.15) is 0 Å². The van der Waals surface area contributed by atoms with Crippen molar-refractivity contribution in [3.63, 3.8) is 0 Å². The maximum Gasteiger partial charge on any atom is 0.335 e. The van der Waals surface area contributed by atoms with Crippen molar-refractivity contribution in [2.45, 2.75) is 33.9 Å². The molecule has 0 aliphatic carbocycles. The molecule has 2 aromatic heterocycles. The summed E-state index contributed by atoms with van der Waals surface area (Å²) >= 11 is 3.44. The van der Waals surface area contributed by atoms with Crippen molar-refractivity contribution in [2.75, 3.05) is 51.2 Å². The van der Waals surface area contributed by atoms with E-state index in [0.29, 0.717) is 13.2 Å². The van der Waals surface area contributed by atoms with Gasteiger partial charge in [0.15, 0.2) is 0 Å². The van der Waals surface area contributed by atoms with Crippen LogP contribution in [0.15, 0.2) is 133 Å². The minimum atomic E-state index is -3.07. The number of fused-ring (bicyclic) bond motifs is 2. The van der Waals surface area contributed by atoms with Crippen LogP contribution in [0.1, 0.15) is 52.0 Å². The molecule has 0 saturated heterocycles. The Morgan fingerprint density at radius 2 is 0.952 bits per heavy atom. The monoisotopic (exact) mass is 894 g/mol. The van der Waals surface area contributed by atoms with Crippen molar-refractivity contribution in [2.24, 2.45) is 0 Å². The number of carbonyl (C=O) groups excluding carboxylic acids is 1. The third-order valence-electron chi connectivity index (χ3n) is 9.90. The summed E-state index contributed by atoms with van der Waals surface area (Å²) in [6, 6.07) is 45.3. The summed E-state index contributed by atoms with van der Waals surface area (Å²) in [5.74, 6) is 0. The SMILES string of the molecule is CCOP(=O)(Cc1ccc(-c2nc3ccc(C)cc3s2)cc1)OCC.CN(C)c1ccc(C=O)cc1.Cc1ccc2nc(-c3ccc(/C=C/c4ccc(N(C)C)cc4)cc3)sc2c1. The fraction of sp³-hybridized carbons (Fsp3) is 0.212. The second-order valence-corrected chi connectivity index (χ2v) is 19.4. The van der Waals surface area contributed by atoms with Crippen LogP contribution in [-0.4, -0.2) is 57.7 Å². The predicted molar refractivity (Wildman–Crippen MR) is 270 cm³/mol. The van der Waals surface area contributed by atoms with E-state index in [-0.39, 0.29) is 6.16 Å². The number of carbonyl (C=O) groups is 1. The quantitative estimate of drug-likeness (QED) is 0.0643. The molecule has 63 heavy (non-hydrogen) atoms. The van der Waals surface area contributed by atoms with E-state index in [0.717, 1.165) is 49.7 Å². The molecule has 8 rings (SSSR count). The molecule has 0 unspecified atom stereocenters. The van der Waals surface area contributed by atoms with E-state index in [9.17, 15) is 9.36 Å². The van der Waals surface area contributed by atoms with E-state index < -0.39 is 7.60 Å². The van der Waals surface area contributed by atoms with Crippen molar-refractivity contribution in [1.29, 1.82) is 0 Å². The number of anilines is 2. The van der Waals surface area contributed by atoms with Crippen molar-refractivity contribution < 1.29 is 18.4 Å². The number of thiazole rings is 2. The fourth-order valence-electron chi connectivity index (χ4n) is 6.47. The number of nitrogens with zero attached hydrogens (tertiary/aromatic N) is 4. The Balaban J connectivity index is 0.000000171. The van der Waals surface area contributed by atoms with Gasteiger partial charge in [0.25, 0.3) is 0 Å². The molecule has 0 atom stereocenters. The standard InChI is InChI=1S/C24H22N2S.C19H22NO3PS.C9H11NO/c1-17-4-15-22-23(16-17)27-24(25-22)20-11-7-18(8-12-20)5-6-19-9-13-21(14-10-19)26(2)3;1-4-22-24(21,23-5-2)13-15-7-9-16(10-8-15)19-20-17-11-6-14(3)12-18(17)25-19;1-10(2)9-5-3-8(7-11)4-6-9/h4-16H,1-3H3;6-12H,4-5,13H2,1-3H3;3-7H,1-2H3/b6-5+;;. The Morgan fingerprint density at radius 1 is 0.556 bits per heavy atom. The Bertz CT molecular complexity index is 2790. The first kappa shape index (κ1) is 46.8. The first-order valence-corrected chi connectivity index (χ1v) is 24.2. The summed E-state index contributed by atoms with van der Waals surface area (Å²) in [5, 5.41) is 2.07. The normalized spacial score (nSPS) is 11.2. The summed E-state index contributed by atoms with van der Waals surface area (Å²) < 4.78 is 25.8. The second-order valence-electron chi connectivity index (χ2n) is 15.3. The van der Waals surface area contributed by atoms with Gasteiger partial charge in [0.05, 0.1) is 39.8 Å². The third-order valence-corrected chi connectivity index (χ3v) is 14.1. The van der Waals surface area contributed by atoms with E-state index in [2.05, 4.69) is 130 Å². The van der Waals surface area contributed by atoms with Gasteiger partial charge in [-0.05, 0) is 116 Å². The van der Waals surface area contributed by atoms with Gasteiger partial charge in [0, 0.05) is 56.3 Å². The molecule has 11 heteroatoms. The van der Waals surface area contributed by atoms with Crippen LogP contribution in [0.5, 0.6) is 0 Å². The van der Waals surface area contributed by atoms with Crippen LogP contribution >= 0.6 is 30.3 Å². The Morgan fingerprint density at radius 3 is 1.35 bits per heavy atom. The van der Waals surface area contributed by atoms with Gasteiger partial charge in [-0.15, -0.1) is 22.7 Å². The molecule has 8 aromatic rings. The minimum absolute atomic E-state index is 0.286. The number of aldehydes is 1. The Hall–Kier alpha value is -5.74. The predicted octanol–water partition coefficient (Wildman–Crippen LogP) is 14.1. The first-order valence-electron chi connectivity index (χ1n) is 20.9. The summed E-state index contributed by atoms with van der Waals surface area (Å²) in [7, 11) is 4.98. The van der Waals surface area contributed by atoms with Crippen LogP contribution in [0.3, 0.4) is 0 Å². The van der Waals surface area contributed by atoms with Gasteiger partial charge < -0.3 is 18.8 Å². The highest BCUT2D eigenvalue weighted by Gasteiger charge is 2.24. The lowest BCUT2D eigenvalue weighted by atomic mass is 10.1. The molecule has 0 spiro atoms. The average Bonchev–Trinajstić information content (AvgIpc) is 3.91. The van der Waals surface area contributed by atoms with Gasteiger partial charge in [0.2, 0.25) is 0 Å². The fourth-order valence-corrected chi connectivity index (χ4v) is 10.3. The number of aromatic nitrogens is 2. The van der Waals surface area contributed by atoms with Crippen LogP contribution in [-0.2, 0) is 19.8 Å². The van der Waals surface area contributed by atoms with Gasteiger partial charge in [-0.1, -0.05) is 84.9 Å². The van der Waals surface area contributed by atoms with Crippen molar-refractivity contribution in [3.05, 3.63) is 167 Å². The van der Waals surface area contributed by atoms with Gasteiger partial charge in [0.1, 0.15) is 16.3 Å². The molecule has 0 aliphatic heterocycles. The molecule has 324 valence electrons. The maximum absolute atomic E-state index is 12.6. The molecule has 8 nitrogen and oxygen atoms in total. The maximum atomic E-state index is 12.6. The number of hydrogen-bond donors (Lipinski definition) is 0. The molecule has 0 bridgehead atoms. The zero-order chi connectivity index (χ0) is 44.9. The lowest BCUT2D eigenvalue weighted by Crippen LogP contribution is -2.08. The van der Waals surface area contributed by atoms with Crippen molar-refractivity contribution >= 4 is 80.5 Å². The van der Waals surface area contributed by atoms with E-state index in [1.807, 2.05) is 81.4 Å². The highest BCUT2D eigenvalue weighted by Crippen LogP contribution is 2.51. The zero-order valence-corrected chi connectivity index (χ0v) is 39.8. The summed E-state index contributed by atoms with van der Waals surface area (Å²) in [5.41, 5.74) is 13.2. The highest BCUT2D eigenvalue weighted by molar-refractivity contribution is 7.53. The zero-order valence-electron chi connectivity index (χ0n) is 37.2. The van der Waals surface area contributed by atoms with Crippen LogP contribution < -0.4 is 9.80 Å². The summed E-state index contributed by atoms with van der Waals surface area (Å²) in [4.78, 5) is 23.8. The van der Waals surface area contributed by atoms with Crippen molar-refractivity contribution in [1.82, 2.24) is 9.97 Å². The topological polar surface area (TPSA) is 84.9 Å². The average molecular weight is 895 g/mol. The molecule has 0 fully saturated rings. The van der Waals surface area contributed by atoms with Crippen LogP contribution in [0.4, 0.5) is 11.4 Å². The smallest absolute Gasteiger partial charge is 0.335 e. The minimum Gasteiger partial charge on any atom is -0.378 e. The number of benzene rings is 6. The Kier molecular flexibility index (Phi) is 16.4. The lowest BCUT2D eigenvalue weighted by molar-refractivity contribution is 0.112. The lowest BCUT2D eigenvalue weighted by Gasteiger charge is -2.17. The molecule has 2 heterocycles. The number of rotatable bonds is 13. The summed E-state index contributed by atoms with van der Waals surface area (Å²) in [6.07, 6.45) is 5.43. The molecule has 0 amide bonds. The first-order chi connectivity index (χ1) is 30.3. The molecule has 6 aromatic carbocycles. The molecular formula is C52H55N4O4PS2. The number of hydrogen-bond acceptors (Lipinski definition) is 10. The van der Waals surface area contributed by atoms with Gasteiger partial charge >= 0.3 is 7.60 Å². The molecule has 0 radical (unpaired) electrons. The molecule has 0 aliphatic rings. The van der Waals surface area contributed by atoms with E-state index in [1.54, 1.807) is 22.7 Å². The van der Waals surface area contributed by atoms with E-state index in [1.165, 1.54) is 42.9 Å². The van der Waals surface area contributed by atoms with Crippen LogP contribution in [0.2, 0.25) is 0 Å². The third kappa shape index (κ3) is 13.1. The van der Waals surface area contributed by atoms with Crippen LogP contribution in [0.25, 0.3) is 53.7 Å². The van der Waals surface area contributed by atoms with Crippen molar-refractivity contribution in [3.8, 4) is 21.1 Å². The Labute approximate surface area is 380 Å². The summed E-state index contributed by atoms with van der Waals surface area (Å²) in [6.45, 7) is 8.60. The van der Waals surface area contributed by atoms with Gasteiger partial charge in [-0.25, -0.2) is 9.97 Å². The molecule has 0 N–H and O–H groups in total. The molecule has 0 saturated carbocycles. The van der Waals surface area contributed by atoms with E-state index in [4.69, 9.17) is 19.0 Å². The van der Waals surface area contributed by atoms with Crippen LogP contribution in [0, 0.1) is 13.8 Å². The molecular weight excluding hydrogens is 840 g/mol.